The minimum atomic E-state index is -0.617. The maximum Gasteiger partial charge on any atom is 0.313 e. The molecule has 0 saturated carbocycles. The molecule has 0 spiro atoms. The van der Waals surface area contributed by atoms with Gasteiger partial charge in [-0.3, -0.25) is 9.59 Å². The highest BCUT2D eigenvalue weighted by Gasteiger charge is 2.17. The first-order chi connectivity index (χ1) is 8.95. The Balaban J connectivity index is 2.74. The molecule has 0 fully saturated rings. The molecule has 0 aliphatic heterocycles. The summed E-state index contributed by atoms with van der Waals surface area (Å²) in [5, 5.41) is 5.32. The van der Waals surface area contributed by atoms with E-state index in [4.69, 9.17) is 0 Å². The van der Waals surface area contributed by atoms with Gasteiger partial charge in [-0.05, 0) is 30.9 Å². The van der Waals surface area contributed by atoms with Gasteiger partial charge < -0.3 is 10.6 Å². The van der Waals surface area contributed by atoms with Crippen LogP contribution in [0.3, 0.4) is 0 Å². The van der Waals surface area contributed by atoms with Crippen LogP contribution in [0.1, 0.15) is 45.6 Å². The summed E-state index contributed by atoms with van der Waals surface area (Å²) in [5.41, 5.74) is 1.72. The third-order valence-electron chi connectivity index (χ3n) is 3.03. The third-order valence-corrected chi connectivity index (χ3v) is 3.03. The first-order valence-corrected chi connectivity index (χ1v) is 6.66. The third kappa shape index (κ3) is 4.39. The van der Waals surface area contributed by atoms with Crippen molar-refractivity contribution in [3.05, 3.63) is 29.8 Å². The SMILES string of the molecule is CCC(C)NC(=O)C(=O)Nc1ccccc1C(C)C. The van der Waals surface area contributed by atoms with Gasteiger partial charge in [0.15, 0.2) is 0 Å². The van der Waals surface area contributed by atoms with Crippen molar-refractivity contribution in [2.24, 2.45) is 0 Å². The zero-order valence-corrected chi connectivity index (χ0v) is 12.0. The quantitative estimate of drug-likeness (QED) is 0.820. The molecule has 2 N–H and O–H groups in total. The van der Waals surface area contributed by atoms with Gasteiger partial charge in [-0.2, -0.15) is 0 Å². The Morgan fingerprint density at radius 2 is 1.74 bits per heavy atom. The molecule has 0 aliphatic carbocycles. The Bertz CT molecular complexity index is 455. The van der Waals surface area contributed by atoms with Gasteiger partial charge in [-0.15, -0.1) is 0 Å². The number of nitrogens with one attached hydrogen (secondary N) is 2. The summed E-state index contributed by atoms with van der Waals surface area (Å²) < 4.78 is 0. The Labute approximate surface area is 114 Å². The number of anilines is 1. The number of hydrogen-bond acceptors (Lipinski definition) is 2. The van der Waals surface area contributed by atoms with E-state index in [1.165, 1.54) is 0 Å². The largest absolute Gasteiger partial charge is 0.345 e. The normalized spacial score (nSPS) is 12.1. The molecule has 0 aliphatic rings. The maximum atomic E-state index is 11.8. The van der Waals surface area contributed by atoms with Crippen LogP contribution in [0.5, 0.6) is 0 Å². The van der Waals surface area contributed by atoms with Gasteiger partial charge in [0, 0.05) is 11.7 Å². The molecule has 0 aromatic heterocycles. The van der Waals surface area contributed by atoms with Crippen LogP contribution in [0, 0.1) is 0 Å². The van der Waals surface area contributed by atoms with Gasteiger partial charge in [0.05, 0.1) is 0 Å². The summed E-state index contributed by atoms with van der Waals surface area (Å²) >= 11 is 0. The highest BCUT2D eigenvalue weighted by atomic mass is 16.2. The molecule has 0 saturated heterocycles. The van der Waals surface area contributed by atoms with Gasteiger partial charge in [-0.1, -0.05) is 39.0 Å². The molecule has 1 atom stereocenters. The highest BCUT2D eigenvalue weighted by Crippen LogP contribution is 2.23. The van der Waals surface area contributed by atoms with Gasteiger partial charge >= 0.3 is 11.8 Å². The number of amides is 2. The Morgan fingerprint density at radius 1 is 1.11 bits per heavy atom. The van der Waals surface area contributed by atoms with E-state index < -0.39 is 11.8 Å². The summed E-state index contributed by atoms with van der Waals surface area (Å²) in [6.45, 7) is 7.92. The smallest absolute Gasteiger partial charge is 0.313 e. The molecule has 0 bridgehead atoms. The van der Waals surface area contributed by atoms with Crippen molar-refractivity contribution in [3.8, 4) is 0 Å². The second-order valence-corrected chi connectivity index (χ2v) is 4.98. The van der Waals surface area contributed by atoms with Crippen LogP contribution >= 0.6 is 0 Å². The molecule has 0 radical (unpaired) electrons. The minimum Gasteiger partial charge on any atom is -0.345 e. The number of carbonyl (C=O) groups excluding carboxylic acids is 2. The van der Waals surface area contributed by atoms with Crippen molar-refractivity contribution < 1.29 is 9.59 Å². The highest BCUT2D eigenvalue weighted by molar-refractivity contribution is 6.39. The topological polar surface area (TPSA) is 58.2 Å². The number of benzene rings is 1. The molecular formula is C15H22N2O2. The van der Waals surface area contributed by atoms with Crippen molar-refractivity contribution in [2.75, 3.05) is 5.32 Å². The minimum absolute atomic E-state index is 0.00130. The molecule has 1 aromatic carbocycles. The Hall–Kier alpha value is -1.84. The second-order valence-electron chi connectivity index (χ2n) is 4.98. The summed E-state index contributed by atoms with van der Waals surface area (Å²) in [5.74, 6) is -0.921. The number of hydrogen-bond donors (Lipinski definition) is 2. The molecule has 4 nitrogen and oxygen atoms in total. The number of rotatable bonds is 4. The lowest BCUT2D eigenvalue weighted by molar-refractivity contribution is -0.136. The molecule has 4 heteroatoms. The van der Waals surface area contributed by atoms with E-state index in [1.807, 2.05) is 52.0 Å². The van der Waals surface area contributed by atoms with Crippen molar-refractivity contribution in [1.82, 2.24) is 5.32 Å². The fraction of sp³-hybridized carbons (Fsp3) is 0.467. The first-order valence-electron chi connectivity index (χ1n) is 6.66. The fourth-order valence-corrected chi connectivity index (χ4v) is 1.68. The van der Waals surface area contributed by atoms with Crippen molar-refractivity contribution in [3.63, 3.8) is 0 Å². The van der Waals surface area contributed by atoms with Gasteiger partial charge in [0.25, 0.3) is 0 Å². The van der Waals surface area contributed by atoms with Crippen LogP contribution in [0.15, 0.2) is 24.3 Å². The Morgan fingerprint density at radius 3 is 2.32 bits per heavy atom. The van der Waals surface area contributed by atoms with Crippen LogP contribution in [0.4, 0.5) is 5.69 Å². The van der Waals surface area contributed by atoms with Crippen LogP contribution in [-0.4, -0.2) is 17.9 Å². The lowest BCUT2D eigenvalue weighted by Gasteiger charge is -2.14. The summed E-state index contributed by atoms with van der Waals surface area (Å²) in [6.07, 6.45) is 0.793. The molecule has 1 aromatic rings. The number of carbonyl (C=O) groups is 2. The number of para-hydroxylation sites is 1. The zero-order valence-electron chi connectivity index (χ0n) is 12.0. The Kier molecular flexibility index (Phi) is 5.55. The molecule has 19 heavy (non-hydrogen) atoms. The molecule has 1 unspecified atom stereocenters. The molecule has 104 valence electrons. The van der Waals surface area contributed by atoms with Crippen LogP contribution in [0.25, 0.3) is 0 Å². The van der Waals surface area contributed by atoms with Gasteiger partial charge in [-0.25, -0.2) is 0 Å². The summed E-state index contributed by atoms with van der Waals surface area (Å²) in [4.78, 5) is 23.5. The standard InChI is InChI=1S/C15H22N2O2/c1-5-11(4)16-14(18)15(19)17-13-9-7-6-8-12(13)10(2)3/h6-11H,5H2,1-4H3,(H,16,18)(H,17,19). The predicted octanol–water partition coefficient (Wildman–Crippen LogP) is 2.66. The lowest BCUT2D eigenvalue weighted by Crippen LogP contribution is -2.40. The van der Waals surface area contributed by atoms with E-state index in [-0.39, 0.29) is 12.0 Å². The average Bonchev–Trinajstić information content (AvgIpc) is 2.38. The van der Waals surface area contributed by atoms with E-state index in [0.29, 0.717) is 5.69 Å². The summed E-state index contributed by atoms with van der Waals surface area (Å²) in [6, 6.07) is 7.52. The predicted molar refractivity (Wildman–Crippen MR) is 77.1 cm³/mol. The van der Waals surface area contributed by atoms with Gasteiger partial charge in [0.1, 0.15) is 0 Å². The van der Waals surface area contributed by atoms with Crippen molar-refractivity contribution >= 4 is 17.5 Å². The van der Waals surface area contributed by atoms with Crippen molar-refractivity contribution in [2.45, 2.75) is 46.1 Å². The van der Waals surface area contributed by atoms with Crippen LogP contribution in [-0.2, 0) is 9.59 Å². The average molecular weight is 262 g/mol. The van der Waals surface area contributed by atoms with E-state index >= 15 is 0 Å². The van der Waals surface area contributed by atoms with E-state index in [0.717, 1.165) is 12.0 Å². The van der Waals surface area contributed by atoms with Gasteiger partial charge in [0.2, 0.25) is 0 Å². The van der Waals surface area contributed by atoms with E-state index in [9.17, 15) is 9.59 Å². The molecule has 1 rings (SSSR count). The van der Waals surface area contributed by atoms with E-state index in [2.05, 4.69) is 10.6 Å². The second kappa shape index (κ2) is 6.92. The molecule has 0 heterocycles. The first kappa shape index (κ1) is 15.2. The fourth-order valence-electron chi connectivity index (χ4n) is 1.68. The summed E-state index contributed by atoms with van der Waals surface area (Å²) in [7, 11) is 0. The molecule has 2 amide bonds. The van der Waals surface area contributed by atoms with Crippen molar-refractivity contribution in [1.29, 1.82) is 0 Å². The maximum absolute atomic E-state index is 11.8. The zero-order chi connectivity index (χ0) is 14.4. The van der Waals surface area contributed by atoms with E-state index in [1.54, 1.807) is 0 Å². The van der Waals surface area contributed by atoms with Crippen LogP contribution < -0.4 is 10.6 Å². The van der Waals surface area contributed by atoms with Crippen LogP contribution in [0.2, 0.25) is 0 Å². The lowest BCUT2D eigenvalue weighted by atomic mass is 10.0. The monoisotopic (exact) mass is 262 g/mol. The molecular weight excluding hydrogens is 240 g/mol.